The normalized spacial score (nSPS) is 20.5. The molecule has 3 N–H and O–H groups in total. The largest absolute Gasteiger partial charge is 0.416 e. The van der Waals surface area contributed by atoms with Crippen molar-refractivity contribution < 1.29 is 18.8 Å². The first-order valence-electron chi connectivity index (χ1n) is 15.1. The van der Waals surface area contributed by atoms with Gasteiger partial charge in [-0.1, -0.05) is 62.3 Å². The Morgan fingerprint density at radius 2 is 1.73 bits per heavy atom. The van der Waals surface area contributed by atoms with Gasteiger partial charge in [-0.3, -0.25) is 4.79 Å². The first kappa shape index (κ1) is 34.1. The quantitative estimate of drug-likeness (QED) is 0.184. The number of aromatic nitrogens is 2. The molecule has 0 saturated heterocycles. The van der Waals surface area contributed by atoms with E-state index in [4.69, 9.17) is 14.6 Å². The van der Waals surface area contributed by atoms with E-state index in [1.54, 1.807) is 12.3 Å². The fourth-order valence-corrected chi connectivity index (χ4v) is 14.0. The van der Waals surface area contributed by atoms with Gasteiger partial charge in [-0.2, -0.15) is 0 Å². The first-order chi connectivity index (χ1) is 18.9. The van der Waals surface area contributed by atoms with Crippen LogP contribution >= 0.6 is 11.3 Å². The molecule has 3 rings (SSSR count). The van der Waals surface area contributed by atoms with E-state index in [0.717, 1.165) is 18.4 Å². The zero-order valence-corrected chi connectivity index (χ0v) is 29.9. The number of rotatable bonds is 12. The van der Waals surface area contributed by atoms with Crippen molar-refractivity contribution in [3.8, 4) is 0 Å². The molecule has 2 heterocycles. The van der Waals surface area contributed by atoms with Crippen molar-refractivity contribution in [3.05, 3.63) is 39.3 Å². The molecule has 2 aromatic rings. The van der Waals surface area contributed by atoms with Crippen LogP contribution in [0.5, 0.6) is 0 Å². The Hall–Kier alpha value is -1.44. The van der Waals surface area contributed by atoms with Gasteiger partial charge >= 0.3 is 0 Å². The lowest BCUT2D eigenvalue weighted by Gasteiger charge is -2.45. The van der Waals surface area contributed by atoms with Gasteiger partial charge < -0.3 is 19.7 Å². The van der Waals surface area contributed by atoms with Gasteiger partial charge in [0.25, 0.3) is 0 Å². The summed E-state index contributed by atoms with van der Waals surface area (Å²) in [5, 5.41) is 11.5. The summed E-state index contributed by atoms with van der Waals surface area (Å²) in [4.78, 5) is 23.1. The minimum atomic E-state index is -2.17. The summed E-state index contributed by atoms with van der Waals surface area (Å²) in [6.45, 7) is 25.9. The van der Waals surface area contributed by atoms with Crippen LogP contribution in [0.1, 0.15) is 108 Å². The number of nitrogens with two attached hydrogens (primary N) is 1. The van der Waals surface area contributed by atoms with Crippen molar-refractivity contribution in [2.75, 3.05) is 12.3 Å². The lowest BCUT2D eigenvalue weighted by Crippen LogP contribution is -2.51. The third-order valence-electron chi connectivity index (χ3n) is 9.69. The van der Waals surface area contributed by atoms with Crippen LogP contribution in [-0.4, -0.2) is 50.2 Å². The van der Waals surface area contributed by atoms with Gasteiger partial charge in [-0.15, -0.1) is 11.3 Å². The highest BCUT2D eigenvalue weighted by atomic mass is 32.1. The van der Waals surface area contributed by atoms with Crippen LogP contribution in [-0.2, 0) is 15.5 Å². The van der Waals surface area contributed by atoms with Crippen molar-refractivity contribution in [2.24, 2.45) is 5.92 Å². The molecule has 0 aromatic carbocycles. The van der Waals surface area contributed by atoms with Gasteiger partial charge in [0.1, 0.15) is 0 Å². The smallest absolute Gasteiger partial charge is 0.220 e. The molecule has 0 bridgehead atoms. The minimum absolute atomic E-state index is 0.00715. The number of nitrogens with zero attached hydrogens (tertiary/aromatic N) is 2. The van der Waals surface area contributed by atoms with E-state index in [2.05, 4.69) is 85.4 Å². The maximum Gasteiger partial charge on any atom is 0.220 e. The number of hydrogen-bond donors (Lipinski definition) is 2. The second-order valence-electron chi connectivity index (χ2n) is 14.3. The third-order valence-corrected chi connectivity index (χ3v) is 21.3. The topological polar surface area (TPSA) is 108 Å². The number of thiophene rings is 1. The van der Waals surface area contributed by atoms with Crippen LogP contribution < -0.4 is 5.73 Å². The van der Waals surface area contributed by atoms with E-state index >= 15 is 0 Å². The summed E-state index contributed by atoms with van der Waals surface area (Å²) in [6, 6.07) is 1.75. The van der Waals surface area contributed by atoms with Gasteiger partial charge in [0, 0.05) is 24.6 Å². The van der Waals surface area contributed by atoms with E-state index in [1.165, 1.54) is 11.3 Å². The number of carbonyl (C=O) groups excluding carboxylic acids is 1. The predicted molar refractivity (Wildman–Crippen MR) is 175 cm³/mol. The summed E-state index contributed by atoms with van der Waals surface area (Å²) in [7, 11) is -4.14. The summed E-state index contributed by atoms with van der Waals surface area (Å²) >= 11 is 1.33. The summed E-state index contributed by atoms with van der Waals surface area (Å²) < 4.78 is 14.2. The van der Waals surface area contributed by atoms with Gasteiger partial charge in [0.2, 0.25) is 20.0 Å². The van der Waals surface area contributed by atoms with E-state index in [-0.39, 0.29) is 41.3 Å². The summed E-state index contributed by atoms with van der Waals surface area (Å²) in [6.07, 6.45) is 3.19. The number of nitrogen functional groups attached to an aromatic ring is 1. The number of aliphatic hydroxyl groups excluding tert-OH is 1. The fourth-order valence-electron chi connectivity index (χ4n) is 6.44. The van der Waals surface area contributed by atoms with Gasteiger partial charge in [0.15, 0.2) is 8.32 Å². The number of ketones is 1. The fraction of sp³-hybridized carbons (Fsp3) is 0.710. The highest BCUT2D eigenvalue weighted by Crippen LogP contribution is 2.49. The average Bonchev–Trinajstić information content (AvgIpc) is 3.51. The molecule has 41 heavy (non-hydrogen) atoms. The molecular formula is C31H53N3O4SSi2. The van der Waals surface area contributed by atoms with Crippen LogP contribution in [0.15, 0.2) is 17.6 Å². The molecule has 2 aromatic heterocycles. The van der Waals surface area contributed by atoms with Gasteiger partial charge in [-0.05, 0) is 64.6 Å². The first-order valence-corrected chi connectivity index (χ1v) is 21.0. The zero-order chi connectivity index (χ0) is 30.9. The van der Waals surface area contributed by atoms with Crippen molar-refractivity contribution in [1.82, 2.24) is 9.97 Å². The molecule has 1 fully saturated rings. The van der Waals surface area contributed by atoms with Crippen molar-refractivity contribution >= 4 is 39.7 Å². The van der Waals surface area contributed by atoms with E-state index in [0.29, 0.717) is 39.4 Å². The number of hydrogen-bond acceptors (Lipinski definition) is 8. The highest BCUT2D eigenvalue weighted by Gasteiger charge is 2.50. The molecule has 3 atom stereocenters. The van der Waals surface area contributed by atoms with E-state index < -0.39 is 16.6 Å². The monoisotopic (exact) mass is 619 g/mol. The van der Waals surface area contributed by atoms with Crippen LogP contribution in [0.4, 0.5) is 5.95 Å². The standard InChI is InChI=1S/C31H53N3O4SSi2/c1-19(2)41(20(3)4,21(5)6)38-26-14-23(13-24(26)17-37-40(10,11)31(7,8)9)28-25(15-33-30(32)34-28)29(36)27-12-22(16-35)18-39-27/h12,15,18-21,23-24,26,35H,13-14,16-17H2,1-11H3,(H2,32,33,34)/t23-,24-,26+/m1/s1. The number of anilines is 1. The van der Waals surface area contributed by atoms with Crippen LogP contribution in [0.25, 0.3) is 0 Å². The Labute approximate surface area is 253 Å². The molecule has 0 amide bonds. The molecule has 0 spiro atoms. The SMILES string of the molecule is CC(C)[Si](O[C@H]1C[C@H](c2nc(N)ncc2C(=O)c2cc(CO)cs2)C[C@@H]1CO[Si](C)(C)C(C)(C)C)(C(C)C)C(C)C. The maximum atomic E-state index is 13.7. The molecular weight excluding hydrogens is 567 g/mol. The van der Waals surface area contributed by atoms with E-state index in [9.17, 15) is 9.90 Å². The zero-order valence-electron chi connectivity index (χ0n) is 27.1. The minimum Gasteiger partial charge on any atom is -0.416 e. The third kappa shape index (κ3) is 7.21. The molecule has 7 nitrogen and oxygen atoms in total. The lowest BCUT2D eigenvalue weighted by molar-refractivity contribution is 0.0969. The second kappa shape index (κ2) is 13.1. The second-order valence-corrected chi connectivity index (χ2v) is 25.4. The molecule has 0 radical (unpaired) electrons. The molecule has 1 aliphatic rings. The van der Waals surface area contributed by atoms with Gasteiger partial charge in [-0.25, -0.2) is 9.97 Å². The Bertz CT molecular complexity index is 1170. The number of carbonyl (C=O) groups is 1. The van der Waals surface area contributed by atoms with Crippen LogP contribution in [0.2, 0.25) is 34.8 Å². The molecule has 230 valence electrons. The average molecular weight is 620 g/mol. The van der Waals surface area contributed by atoms with Crippen molar-refractivity contribution in [3.63, 3.8) is 0 Å². The summed E-state index contributed by atoms with van der Waals surface area (Å²) in [5.41, 5.74) is 9.43. The molecule has 1 aliphatic carbocycles. The molecule has 10 heteroatoms. The Morgan fingerprint density at radius 1 is 1.12 bits per heavy atom. The van der Waals surface area contributed by atoms with E-state index in [1.807, 2.05) is 5.38 Å². The Balaban J connectivity index is 2.02. The Kier molecular flexibility index (Phi) is 10.8. The molecule has 0 unspecified atom stereocenters. The van der Waals surface area contributed by atoms with Gasteiger partial charge in [0.05, 0.1) is 28.8 Å². The van der Waals surface area contributed by atoms with Crippen molar-refractivity contribution in [1.29, 1.82) is 0 Å². The molecule has 1 saturated carbocycles. The highest BCUT2D eigenvalue weighted by molar-refractivity contribution is 7.12. The van der Waals surface area contributed by atoms with Crippen LogP contribution in [0, 0.1) is 5.92 Å². The predicted octanol–water partition coefficient (Wildman–Crippen LogP) is 7.92. The Morgan fingerprint density at radius 3 is 2.24 bits per heavy atom. The van der Waals surface area contributed by atoms with Crippen LogP contribution in [0.3, 0.4) is 0 Å². The number of aliphatic hydroxyl groups is 1. The maximum absolute atomic E-state index is 13.7. The summed E-state index contributed by atoms with van der Waals surface area (Å²) in [5.74, 6) is 0.248. The lowest BCUT2D eigenvalue weighted by atomic mass is 9.95. The molecule has 0 aliphatic heterocycles. The van der Waals surface area contributed by atoms with Crippen molar-refractivity contribution in [2.45, 2.75) is 129 Å².